The molecule has 3 heterocycles. The number of ether oxygens (including phenoxy) is 1. The molecule has 0 unspecified atom stereocenters. The van der Waals surface area contributed by atoms with Crippen molar-refractivity contribution < 1.29 is 9.84 Å². The molecular formula is C22H22ClN3O2. The van der Waals surface area contributed by atoms with Gasteiger partial charge in [0.25, 0.3) is 0 Å². The highest BCUT2D eigenvalue weighted by atomic mass is 35.5. The predicted octanol–water partition coefficient (Wildman–Crippen LogP) is 4.26. The Morgan fingerprint density at radius 2 is 2.04 bits per heavy atom. The summed E-state index contributed by atoms with van der Waals surface area (Å²) in [5.41, 5.74) is 4.77. The van der Waals surface area contributed by atoms with Gasteiger partial charge in [0.1, 0.15) is 6.10 Å². The number of hydrogen-bond donors (Lipinski definition) is 1. The fraction of sp³-hybridized carbons (Fsp3) is 0.273. The Morgan fingerprint density at radius 3 is 2.79 bits per heavy atom. The molecule has 3 aromatic rings. The van der Waals surface area contributed by atoms with Gasteiger partial charge in [-0.25, -0.2) is 9.97 Å². The molecule has 1 N–H and O–H groups in total. The Morgan fingerprint density at radius 1 is 1.18 bits per heavy atom. The standard InChI is InChI=1S/C22H22ClN3O2/c1-15-4-2-3-5-18(15)19-7-8-21(20(14-27)25-19)26-11-10-17(13-26)28-22-9-6-16(23)12-24-22/h2-9,12,17,27H,10-11,13-14H2,1H3/t17-/m0/s1. The third-order valence-corrected chi connectivity index (χ3v) is 5.22. The van der Waals surface area contributed by atoms with E-state index in [4.69, 9.17) is 21.3 Å². The van der Waals surface area contributed by atoms with E-state index in [9.17, 15) is 5.11 Å². The van der Waals surface area contributed by atoms with Gasteiger partial charge in [-0.05, 0) is 30.7 Å². The second-order valence-corrected chi connectivity index (χ2v) is 7.36. The van der Waals surface area contributed by atoms with E-state index >= 15 is 0 Å². The number of aryl methyl sites for hydroxylation is 1. The molecule has 1 saturated heterocycles. The molecule has 0 radical (unpaired) electrons. The van der Waals surface area contributed by atoms with Crippen molar-refractivity contribution in [3.8, 4) is 17.1 Å². The first kappa shape index (κ1) is 18.7. The number of anilines is 1. The lowest BCUT2D eigenvalue weighted by atomic mass is 10.0. The predicted molar refractivity (Wildman–Crippen MR) is 111 cm³/mol. The highest BCUT2D eigenvalue weighted by molar-refractivity contribution is 6.30. The van der Waals surface area contributed by atoms with Crippen LogP contribution in [0.2, 0.25) is 5.02 Å². The molecule has 0 bridgehead atoms. The Labute approximate surface area is 169 Å². The number of nitrogens with zero attached hydrogens (tertiary/aromatic N) is 3. The van der Waals surface area contributed by atoms with Crippen LogP contribution in [-0.4, -0.2) is 34.3 Å². The summed E-state index contributed by atoms with van der Waals surface area (Å²) in [6.45, 7) is 3.53. The third kappa shape index (κ3) is 3.96. The largest absolute Gasteiger partial charge is 0.472 e. The van der Waals surface area contributed by atoms with Crippen molar-refractivity contribution in [3.63, 3.8) is 0 Å². The number of benzene rings is 1. The van der Waals surface area contributed by atoms with Crippen LogP contribution in [0.3, 0.4) is 0 Å². The minimum absolute atomic E-state index is 0.0382. The van der Waals surface area contributed by atoms with E-state index in [-0.39, 0.29) is 12.7 Å². The summed E-state index contributed by atoms with van der Waals surface area (Å²) < 4.78 is 5.97. The second kappa shape index (κ2) is 8.17. The van der Waals surface area contributed by atoms with E-state index in [2.05, 4.69) is 28.9 Å². The summed E-state index contributed by atoms with van der Waals surface area (Å²) in [6, 6.07) is 15.8. The van der Waals surface area contributed by atoms with Gasteiger partial charge in [0.2, 0.25) is 5.88 Å². The summed E-state index contributed by atoms with van der Waals surface area (Å²) in [5, 5.41) is 10.5. The Hall–Kier alpha value is -2.63. The molecule has 28 heavy (non-hydrogen) atoms. The van der Waals surface area contributed by atoms with Crippen molar-refractivity contribution in [3.05, 3.63) is 71.0 Å². The SMILES string of the molecule is Cc1ccccc1-c1ccc(N2CC[C@H](Oc3ccc(Cl)cn3)C2)c(CO)n1. The van der Waals surface area contributed by atoms with Crippen LogP contribution < -0.4 is 9.64 Å². The second-order valence-electron chi connectivity index (χ2n) is 6.92. The van der Waals surface area contributed by atoms with Gasteiger partial charge in [-0.2, -0.15) is 0 Å². The van der Waals surface area contributed by atoms with E-state index < -0.39 is 0 Å². The fourth-order valence-electron chi connectivity index (χ4n) is 3.55. The van der Waals surface area contributed by atoms with Crippen LogP contribution in [0.1, 0.15) is 17.7 Å². The number of pyridine rings is 2. The maximum Gasteiger partial charge on any atom is 0.213 e. The zero-order valence-corrected chi connectivity index (χ0v) is 16.4. The zero-order valence-electron chi connectivity index (χ0n) is 15.7. The molecule has 1 fully saturated rings. The topological polar surface area (TPSA) is 58.5 Å². The summed E-state index contributed by atoms with van der Waals surface area (Å²) >= 11 is 5.87. The maximum absolute atomic E-state index is 9.90. The van der Waals surface area contributed by atoms with E-state index in [0.29, 0.717) is 16.6 Å². The van der Waals surface area contributed by atoms with Crippen molar-refractivity contribution in [1.82, 2.24) is 9.97 Å². The third-order valence-electron chi connectivity index (χ3n) is 4.99. The molecule has 144 valence electrons. The van der Waals surface area contributed by atoms with Crippen LogP contribution >= 0.6 is 11.6 Å². The van der Waals surface area contributed by atoms with Crippen molar-refractivity contribution in [1.29, 1.82) is 0 Å². The Balaban J connectivity index is 1.51. The average molecular weight is 396 g/mol. The van der Waals surface area contributed by atoms with Crippen LogP contribution in [-0.2, 0) is 6.61 Å². The molecule has 1 aliphatic rings. The summed E-state index contributed by atoms with van der Waals surface area (Å²) in [7, 11) is 0. The average Bonchev–Trinajstić information content (AvgIpc) is 3.18. The number of aromatic nitrogens is 2. The molecule has 1 atom stereocenters. The smallest absolute Gasteiger partial charge is 0.213 e. The lowest BCUT2D eigenvalue weighted by molar-refractivity contribution is 0.216. The van der Waals surface area contributed by atoms with Gasteiger partial charge in [0.15, 0.2) is 0 Å². The number of hydrogen-bond acceptors (Lipinski definition) is 5. The van der Waals surface area contributed by atoms with Crippen molar-refractivity contribution in [2.75, 3.05) is 18.0 Å². The molecule has 0 saturated carbocycles. The van der Waals surface area contributed by atoms with E-state index in [1.165, 1.54) is 0 Å². The molecule has 0 amide bonds. The van der Waals surface area contributed by atoms with Gasteiger partial charge in [0.05, 0.1) is 35.2 Å². The van der Waals surface area contributed by atoms with Crippen LogP contribution in [0.5, 0.6) is 5.88 Å². The number of rotatable bonds is 5. The minimum Gasteiger partial charge on any atom is -0.472 e. The van der Waals surface area contributed by atoms with Gasteiger partial charge in [-0.1, -0.05) is 35.9 Å². The van der Waals surface area contributed by atoms with Crippen LogP contribution in [0.4, 0.5) is 5.69 Å². The first-order valence-electron chi connectivity index (χ1n) is 9.34. The molecular weight excluding hydrogens is 374 g/mol. The van der Waals surface area contributed by atoms with Crippen molar-refractivity contribution >= 4 is 17.3 Å². The molecule has 5 nitrogen and oxygen atoms in total. The molecule has 1 aromatic carbocycles. The summed E-state index contributed by atoms with van der Waals surface area (Å²) in [5.74, 6) is 0.576. The Kier molecular flexibility index (Phi) is 5.46. The van der Waals surface area contributed by atoms with E-state index in [1.54, 1.807) is 18.3 Å². The van der Waals surface area contributed by atoms with Gasteiger partial charge < -0.3 is 14.7 Å². The van der Waals surface area contributed by atoms with Crippen LogP contribution in [0, 0.1) is 6.92 Å². The van der Waals surface area contributed by atoms with E-state index in [1.807, 2.05) is 24.3 Å². The monoisotopic (exact) mass is 395 g/mol. The molecule has 0 aliphatic carbocycles. The first-order valence-corrected chi connectivity index (χ1v) is 9.72. The molecule has 0 spiro atoms. The lowest BCUT2D eigenvalue weighted by Crippen LogP contribution is -2.26. The Bertz CT molecular complexity index is 962. The summed E-state index contributed by atoms with van der Waals surface area (Å²) in [4.78, 5) is 11.1. The highest BCUT2D eigenvalue weighted by Crippen LogP contribution is 2.29. The lowest BCUT2D eigenvalue weighted by Gasteiger charge is -2.21. The van der Waals surface area contributed by atoms with Gasteiger partial charge >= 0.3 is 0 Å². The molecule has 6 heteroatoms. The molecule has 4 rings (SSSR count). The van der Waals surface area contributed by atoms with E-state index in [0.717, 1.165) is 42.0 Å². The van der Waals surface area contributed by atoms with Gasteiger partial charge in [-0.15, -0.1) is 0 Å². The number of aliphatic hydroxyl groups excluding tert-OH is 1. The van der Waals surface area contributed by atoms with Gasteiger partial charge in [-0.3, -0.25) is 0 Å². The zero-order chi connectivity index (χ0) is 19.5. The number of aliphatic hydroxyl groups is 1. The van der Waals surface area contributed by atoms with Crippen LogP contribution in [0.25, 0.3) is 11.3 Å². The fourth-order valence-corrected chi connectivity index (χ4v) is 3.67. The molecule has 2 aromatic heterocycles. The first-order chi connectivity index (χ1) is 13.6. The minimum atomic E-state index is -0.101. The van der Waals surface area contributed by atoms with Crippen molar-refractivity contribution in [2.24, 2.45) is 0 Å². The maximum atomic E-state index is 9.90. The normalized spacial score (nSPS) is 16.4. The highest BCUT2D eigenvalue weighted by Gasteiger charge is 2.26. The van der Waals surface area contributed by atoms with Gasteiger partial charge in [0, 0.05) is 30.8 Å². The number of halogens is 1. The summed E-state index contributed by atoms with van der Waals surface area (Å²) in [6.07, 6.45) is 2.51. The van der Waals surface area contributed by atoms with Crippen LogP contribution in [0.15, 0.2) is 54.7 Å². The quantitative estimate of drug-likeness (QED) is 0.699. The molecule has 1 aliphatic heterocycles. The van der Waals surface area contributed by atoms with Crippen molar-refractivity contribution in [2.45, 2.75) is 26.1 Å².